The maximum atomic E-state index is 5.83. The minimum atomic E-state index is 0.227. The summed E-state index contributed by atoms with van der Waals surface area (Å²) in [5, 5.41) is 0. The lowest BCUT2D eigenvalue weighted by atomic mass is 10.1. The van der Waals surface area contributed by atoms with Gasteiger partial charge in [-0.3, -0.25) is 0 Å². The molecule has 1 aromatic rings. The predicted molar refractivity (Wildman–Crippen MR) is 73.1 cm³/mol. The summed E-state index contributed by atoms with van der Waals surface area (Å²) < 4.78 is 11.2. The Labute approximate surface area is 113 Å². The summed E-state index contributed by atoms with van der Waals surface area (Å²) in [5.41, 5.74) is 3.44. The van der Waals surface area contributed by atoms with Gasteiger partial charge in [-0.05, 0) is 13.3 Å². The number of rotatable bonds is 5. The zero-order valence-electron chi connectivity index (χ0n) is 11.8. The number of hydrazine groups is 1. The average molecular weight is 266 g/mol. The van der Waals surface area contributed by atoms with Gasteiger partial charge < -0.3 is 14.9 Å². The molecule has 3 N–H and O–H groups in total. The van der Waals surface area contributed by atoms with E-state index in [0.717, 1.165) is 31.0 Å². The van der Waals surface area contributed by atoms with E-state index < -0.39 is 0 Å². The van der Waals surface area contributed by atoms with Crippen molar-refractivity contribution in [2.75, 3.05) is 25.2 Å². The number of aromatic nitrogens is 2. The highest BCUT2D eigenvalue weighted by molar-refractivity contribution is 5.47. The number of ether oxygens (including phenoxy) is 2. The SMILES string of the molecule is Cc1c(NN)nc(C(C)C)nc1OCC1CCOC1. The van der Waals surface area contributed by atoms with Crippen molar-refractivity contribution in [2.24, 2.45) is 11.8 Å². The summed E-state index contributed by atoms with van der Waals surface area (Å²) in [6, 6.07) is 0. The molecule has 1 aliphatic rings. The molecule has 0 aromatic carbocycles. The third kappa shape index (κ3) is 3.33. The van der Waals surface area contributed by atoms with E-state index in [9.17, 15) is 0 Å². The first-order valence-corrected chi connectivity index (χ1v) is 6.67. The molecule has 2 rings (SSSR count). The highest BCUT2D eigenvalue weighted by atomic mass is 16.5. The number of hydrogen-bond acceptors (Lipinski definition) is 6. The summed E-state index contributed by atoms with van der Waals surface area (Å²) >= 11 is 0. The first-order chi connectivity index (χ1) is 9.11. The van der Waals surface area contributed by atoms with Gasteiger partial charge in [0.15, 0.2) is 0 Å². The number of nitrogens with one attached hydrogen (secondary N) is 1. The zero-order chi connectivity index (χ0) is 13.8. The standard InChI is InChI=1S/C13H22N4O2/c1-8(2)11-15-12(17-14)9(3)13(16-11)19-7-10-4-5-18-6-10/h8,10H,4-7,14H2,1-3H3,(H,15,16,17). The van der Waals surface area contributed by atoms with E-state index in [4.69, 9.17) is 15.3 Å². The third-order valence-electron chi connectivity index (χ3n) is 3.25. The summed E-state index contributed by atoms with van der Waals surface area (Å²) in [6.45, 7) is 8.20. The van der Waals surface area contributed by atoms with E-state index in [-0.39, 0.29) is 5.92 Å². The molecule has 1 atom stereocenters. The Morgan fingerprint density at radius 2 is 2.26 bits per heavy atom. The summed E-state index contributed by atoms with van der Waals surface area (Å²) in [6.07, 6.45) is 1.04. The average Bonchev–Trinajstić information content (AvgIpc) is 2.90. The third-order valence-corrected chi connectivity index (χ3v) is 3.25. The van der Waals surface area contributed by atoms with Crippen LogP contribution in [0.25, 0.3) is 0 Å². The lowest BCUT2D eigenvalue weighted by Crippen LogP contribution is -2.17. The van der Waals surface area contributed by atoms with Crippen LogP contribution >= 0.6 is 0 Å². The second kappa shape index (κ2) is 6.16. The summed E-state index contributed by atoms with van der Waals surface area (Å²) in [7, 11) is 0. The molecule has 6 nitrogen and oxygen atoms in total. The van der Waals surface area contributed by atoms with Crippen molar-refractivity contribution in [1.29, 1.82) is 0 Å². The van der Waals surface area contributed by atoms with Gasteiger partial charge in [-0.2, -0.15) is 4.98 Å². The first-order valence-electron chi connectivity index (χ1n) is 6.67. The molecule has 1 unspecified atom stereocenters. The molecular formula is C13H22N4O2. The second-order valence-corrected chi connectivity index (χ2v) is 5.20. The van der Waals surface area contributed by atoms with Crippen molar-refractivity contribution in [3.8, 4) is 5.88 Å². The molecule has 0 amide bonds. The van der Waals surface area contributed by atoms with Crippen molar-refractivity contribution in [1.82, 2.24) is 9.97 Å². The minimum Gasteiger partial charge on any atom is -0.477 e. The molecule has 19 heavy (non-hydrogen) atoms. The Hall–Kier alpha value is -1.40. The van der Waals surface area contributed by atoms with Crippen LogP contribution in [0.1, 0.15) is 37.6 Å². The number of nitrogens with two attached hydrogens (primary N) is 1. The van der Waals surface area contributed by atoms with Gasteiger partial charge in [0.25, 0.3) is 0 Å². The molecule has 1 aliphatic heterocycles. The van der Waals surface area contributed by atoms with Crippen molar-refractivity contribution in [3.05, 3.63) is 11.4 Å². The smallest absolute Gasteiger partial charge is 0.221 e. The molecule has 2 heterocycles. The van der Waals surface area contributed by atoms with Crippen molar-refractivity contribution in [2.45, 2.75) is 33.1 Å². The molecule has 0 radical (unpaired) electrons. The highest BCUT2D eigenvalue weighted by Crippen LogP contribution is 2.25. The monoisotopic (exact) mass is 266 g/mol. The van der Waals surface area contributed by atoms with Crippen LogP contribution in [0.15, 0.2) is 0 Å². The van der Waals surface area contributed by atoms with E-state index in [1.807, 2.05) is 20.8 Å². The molecule has 1 aromatic heterocycles. The predicted octanol–water partition coefficient (Wildman–Crippen LogP) is 1.61. The van der Waals surface area contributed by atoms with Gasteiger partial charge in [0.2, 0.25) is 5.88 Å². The number of anilines is 1. The largest absolute Gasteiger partial charge is 0.477 e. The highest BCUT2D eigenvalue weighted by Gasteiger charge is 2.19. The van der Waals surface area contributed by atoms with Crippen LogP contribution in [0.4, 0.5) is 5.82 Å². The summed E-state index contributed by atoms with van der Waals surface area (Å²) in [4.78, 5) is 8.85. The van der Waals surface area contributed by atoms with E-state index in [0.29, 0.717) is 24.2 Å². The molecule has 0 aliphatic carbocycles. The quantitative estimate of drug-likeness (QED) is 0.622. The van der Waals surface area contributed by atoms with E-state index in [2.05, 4.69) is 15.4 Å². The minimum absolute atomic E-state index is 0.227. The van der Waals surface area contributed by atoms with Crippen LogP contribution in [0.2, 0.25) is 0 Å². The van der Waals surface area contributed by atoms with Gasteiger partial charge in [-0.15, -0.1) is 0 Å². The lowest BCUT2D eigenvalue weighted by Gasteiger charge is -2.15. The van der Waals surface area contributed by atoms with Crippen LogP contribution in [0, 0.1) is 12.8 Å². The van der Waals surface area contributed by atoms with Crippen LogP contribution in [0.5, 0.6) is 5.88 Å². The molecule has 106 valence electrons. The molecule has 1 saturated heterocycles. The van der Waals surface area contributed by atoms with E-state index in [1.54, 1.807) is 0 Å². The molecule has 0 spiro atoms. The van der Waals surface area contributed by atoms with Gasteiger partial charge in [-0.1, -0.05) is 13.8 Å². The van der Waals surface area contributed by atoms with Crippen LogP contribution in [0.3, 0.4) is 0 Å². The topological polar surface area (TPSA) is 82.3 Å². The van der Waals surface area contributed by atoms with Crippen LogP contribution in [-0.2, 0) is 4.74 Å². The molecule has 1 fully saturated rings. The lowest BCUT2D eigenvalue weighted by molar-refractivity contribution is 0.165. The fourth-order valence-corrected chi connectivity index (χ4v) is 1.96. The Balaban J connectivity index is 2.14. The zero-order valence-corrected chi connectivity index (χ0v) is 11.8. The van der Waals surface area contributed by atoms with E-state index >= 15 is 0 Å². The Kier molecular flexibility index (Phi) is 4.55. The van der Waals surface area contributed by atoms with Gasteiger partial charge in [0.05, 0.1) is 18.8 Å². The Morgan fingerprint density at radius 1 is 1.47 bits per heavy atom. The second-order valence-electron chi connectivity index (χ2n) is 5.20. The molecule has 6 heteroatoms. The number of nitrogen functional groups attached to an aromatic ring is 1. The van der Waals surface area contributed by atoms with Crippen molar-refractivity contribution >= 4 is 5.82 Å². The normalized spacial score (nSPS) is 18.9. The Morgan fingerprint density at radius 3 is 2.84 bits per heavy atom. The summed E-state index contributed by atoms with van der Waals surface area (Å²) in [5.74, 6) is 8.13. The van der Waals surface area contributed by atoms with Crippen molar-refractivity contribution < 1.29 is 9.47 Å². The maximum absolute atomic E-state index is 5.83. The van der Waals surface area contributed by atoms with Crippen LogP contribution < -0.4 is 16.0 Å². The van der Waals surface area contributed by atoms with Gasteiger partial charge in [0, 0.05) is 18.4 Å². The van der Waals surface area contributed by atoms with Gasteiger partial charge >= 0.3 is 0 Å². The maximum Gasteiger partial charge on any atom is 0.221 e. The van der Waals surface area contributed by atoms with Gasteiger partial charge in [-0.25, -0.2) is 10.8 Å². The fraction of sp³-hybridized carbons (Fsp3) is 0.692. The fourth-order valence-electron chi connectivity index (χ4n) is 1.96. The van der Waals surface area contributed by atoms with E-state index in [1.165, 1.54) is 0 Å². The molecular weight excluding hydrogens is 244 g/mol. The first kappa shape index (κ1) is 14.0. The van der Waals surface area contributed by atoms with Gasteiger partial charge in [0.1, 0.15) is 11.6 Å². The van der Waals surface area contributed by atoms with Crippen LogP contribution in [-0.4, -0.2) is 29.8 Å². The van der Waals surface area contributed by atoms with Crippen molar-refractivity contribution in [3.63, 3.8) is 0 Å². The number of nitrogens with zero attached hydrogens (tertiary/aromatic N) is 2. The molecule has 0 bridgehead atoms. The number of hydrogen-bond donors (Lipinski definition) is 2. The molecule has 0 saturated carbocycles. The Bertz CT molecular complexity index is 431.